The molecule has 1 amide bonds. The van der Waals surface area contributed by atoms with Gasteiger partial charge in [0, 0.05) is 5.56 Å². The Kier molecular flexibility index (Phi) is 9.22. The van der Waals surface area contributed by atoms with Crippen LogP contribution in [0.1, 0.15) is 53.0 Å². The number of nitrogens with zero attached hydrogens (tertiary/aromatic N) is 1. The molecule has 0 spiro atoms. The van der Waals surface area contributed by atoms with Crippen molar-refractivity contribution in [3.8, 4) is 17.2 Å². The maximum atomic E-state index is 12.3. The Morgan fingerprint density at radius 1 is 0.735 bits per heavy atom. The normalized spacial score (nSPS) is 10.6. The molecule has 0 aliphatic heterocycles. The molecule has 0 unspecified atom stereocenters. The first-order valence-corrected chi connectivity index (χ1v) is 11.2. The molecule has 3 aromatic rings. The molecule has 0 saturated carbocycles. The van der Waals surface area contributed by atoms with Crippen molar-refractivity contribution in [1.29, 1.82) is 0 Å². The molecule has 0 radical (unpaired) electrons. The van der Waals surface area contributed by atoms with Gasteiger partial charge < -0.3 is 14.2 Å². The van der Waals surface area contributed by atoms with Crippen molar-refractivity contribution in [2.45, 2.75) is 26.7 Å². The van der Waals surface area contributed by atoms with Crippen LogP contribution in [0.25, 0.3) is 0 Å². The van der Waals surface area contributed by atoms with Crippen LogP contribution in [-0.2, 0) is 0 Å². The number of nitrogens with one attached hydrogen (secondary N) is 1. The van der Waals surface area contributed by atoms with Gasteiger partial charge in [0.05, 0.1) is 25.0 Å². The Morgan fingerprint density at radius 3 is 1.76 bits per heavy atom. The fourth-order valence-corrected chi connectivity index (χ4v) is 2.85. The molecule has 34 heavy (non-hydrogen) atoms. The first-order valence-electron chi connectivity index (χ1n) is 11.2. The van der Waals surface area contributed by atoms with Crippen LogP contribution in [0.2, 0.25) is 0 Å². The molecule has 7 heteroatoms. The van der Waals surface area contributed by atoms with Gasteiger partial charge in [-0.25, -0.2) is 10.2 Å². The van der Waals surface area contributed by atoms with Crippen molar-refractivity contribution in [3.05, 3.63) is 89.5 Å². The van der Waals surface area contributed by atoms with Crippen LogP contribution in [0.5, 0.6) is 17.2 Å². The number of rotatable bonds is 11. The first-order chi connectivity index (χ1) is 16.6. The molecular weight excluding hydrogens is 432 g/mol. The molecule has 0 heterocycles. The smallest absolute Gasteiger partial charge is 0.343 e. The van der Waals surface area contributed by atoms with Crippen molar-refractivity contribution < 1.29 is 23.8 Å². The zero-order valence-electron chi connectivity index (χ0n) is 19.3. The van der Waals surface area contributed by atoms with Gasteiger partial charge in [-0.1, -0.05) is 13.8 Å². The summed E-state index contributed by atoms with van der Waals surface area (Å²) in [5, 5.41) is 3.98. The average molecular weight is 461 g/mol. The summed E-state index contributed by atoms with van der Waals surface area (Å²) in [6, 6.07) is 20.5. The van der Waals surface area contributed by atoms with Gasteiger partial charge in [-0.15, -0.1) is 0 Å². The number of carbonyl (C=O) groups is 2. The molecule has 0 saturated heterocycles. The summed E-state index contributed by atoms with van der Waals surface area (Å²) in [6.07, 6.45) is 3.35. The number of hydrazone groups is 1. The molecule has 0 aromatic heterocycles. The van der Waals surface area contributed by atoms with Crippen molar-refractivity contribution in [1.82, 2.24) is 5.43 Å². The van der Waals surface area contributed by atoms with Crippen molar-refractivity contribution in [2.75, 3.05) is 13.2 Å². The highest BCUT2D eigenvalue weighted by Crippen LogP contribution is 2.17. The van der Waals surface area contributed by atoms with Crippen LogP contribution in [0.3, 0.4) is 0 Å². The monoisotopic (exact) mass is 460 g/mol. The van der Waals surface area contributed by atoms with E-state index in [0.717, 1.165) is 24.2 Å². The Labute approximate surface area is 199 Å². The lowest BCUT2D eigenvalue weighted by atomic mass is 10.2. The lowest BCUT2D eigenvalue weighted by Gasteiger charge is -2.07. The van der Waals surface area contributed by atoms with E-state index in [-0.39, 0.29) is 5.91 Å². The maximum Gasteiger partial charge on any atom is 0.343 e. The van der Waals surface area contributed by atoms with E-state index in [4.69, 9.17) is 14.2 Å². The predicted molar refractivity (Wildman–Crippen MR) is 131 cm³/mol. The van der Waals surface area contributed by atoms with E-state index in [2.05, 4.69) is 10.5 Å². The minimum atomic E-state index is -0.457. The van der Waals surface area contributed by atoms with Crippen LogP contribution in [0.4, 0.5) is 0 Å². The first kappa shape index (κ1) is 24.5. The summed E-state index contributed by atoms with van der Waals surface area (Å²) in [5.41, 5.74) is 4.14. The number of benzene rings is 3. The molecule has 176 valence electrons. The Balaban J connectivity index is 1.49. The van der Waals surface area contributed by atoms with E-state index < -0.39 is 5.97 Å². The second-order valence-electron chi connectivity index (χ2n) is 7.40. The second-order valence-corrected chi connectivity index (χ2v) is 7.40. The van der Waals surface area contributed by atoms with Crippen LogP contribution >= 0.6 is 0 Å². The van der Waals surface area contributed by atoms with Crippen LogP contribution < -0.4 is 19.6 Å². The third-order valence-electron chi connectivity index (χ3n) is 4.62. The number of amides is 1. The van der Waals surface area contributed by atoms with E-state index in [0.29, 0.717) is 35.8 Å². The van der Waals surface area contributed by atoms with Gasteiger partial charge in [0.25, 0.3) is 5.91 Å². The van der Waals surface area contributed by atoms with E-state index in [1.165, 1.54) is 6.21 Å². The van der Waals surface area contributed by atoms with Gasteiger partial charge in [0.2, 0.25) is 0 Å². The number of hydrogen-bond donors (Lipinski definition) is 1. The number of ether oxygens (including phenoxy) is 3. The van der Waals surface area contributed by atoms with Crippen LogP contribution in [0.15, 0.2) is 77.9 Å². The van der Waals surface area contributed by atoms with Gasteiger partial charge in [0.15, 0.2) is 0 Å². The minimum absolute atomic E-state index is 0.324. The summed E-state index contributed by atoms with van der Waals surface area (Å²) in [4.78, 5) is 24.5. The van der Waals surface area contributed by atoms with Crippen LogP contribution in [-0.4, -0.2) is 31.3 Å². The quantitative estimate of drug-likeness (QED) is 0.183. The van der Waals surface area contributed by atoms with Gasteiger partial charge in [-0.2, -0.15) is 5.10 Å². The molecule has 1 N–H and O–H groups in total. The Bertz CT molecular complexity index is 1090. The topological polar surface area (TPSA) is 86.2 Å². The number of carbonyl (C=O) groups excluding carboxylic acids is 2. The van der Waals surface area contributed by atoms with Crippen molar-refractivity contribution >= 4 is 18.1 Å². The van der Waals surface area contributed by atoms with Gasteiger partial charge in [-0.3, -0.25) is 4.79 Å². The molecular formula is C27H28N2O5. The summed E-state index contributed by atoms with van der Waals surface area (Å²) in [6.45, 7) is 5.33. The van der Waals surface area contributed by atoms with E-state index in [9.17, 15) is 9.59 Å². The van der Waals surface area contributed by atoms with Crippen LogP contribution in [0, 0.1) is 0 Å². The number of hydrogen-bond acceptors (Lipinski definition) is 6. The predicted octanol–water partition coefficient (Wildman–Crippen LogP) is 5.25. The third-order valence-corrected chi connectivity index (χ3v) is 4.62. The summed E-state index contributed by atoms with van der Waals surface area (Å²) in [5.74, 6) is 1.06. The van der Waals surface area contributed by atoms with E-state index >= 15 is 0 Å². The standard InChI is InChI=1S/C27H28N2O5/c1-3-17-32-23-13-7-21(8-14-23)26(30)29-28-19-20-5-11-25(12-6-20)34-27(31)22-9-15-24(16-10-22)33-18-4-2/h5-16,19H,3-4,17-18H2,1-2H3,(H,29,30)/b28-19-. The maximum absolute atomic E-state index is 12.3. The fourth-order valence-electron chi connectivity index (χ4n) is 2.85. The zero-order chi connectivity index (χ0) is 24.2. The molecule has 0 aliphatic rings. The van der Waals surface area contributed by atoms with E-state index in [1.807, 2.05) is 13.8 Å². The lowest BCUT2D eigenvalue weighted by Crippen LogP contribution is -2.17. The Hall–Kier alpha value is -4.13. The third kappa shape index (κ3) is 7.48. The minimum Gasteiger partial charge on any atom is -0.494 e. The fraction of sp³-hybridized carbons (Fsp3) is 0.222. The van der Waals surface area contributed by atoms with Gasteiger partial charge >= 0.3 is 5.97 Å². The van der Waals surface area contributed by atoms with E-state index in [1.54, 1.807) is 72.8 Å². The second kappa shape index (κ2) is 12.8. The SMILES string of the molecule is CCCOc1ccc(C(=O)N/N=C\c2ccc(OC(=O)c3ccc(OCCC)cc3)cc2)cc1. The molecule has 3 aromatic carbocycles. The summed E-state index contributed by atoms with van der Waals surface area (Å²) >= 11 is 0. The molecule has 0 bridgehead atoms. The molecule has 3 rings (SSSR count). The van der Waals surface area contributed by atoms with Gasteiger partial charge in [-0.05, 0) is 91.2 Å². The average Bonchev–Trinajstić information content (AvgIpc) is 2.87. The molecule has 7 nitrogen and oxygen atoms in total. The highest BCUT2D eigenvalue weighted by molar-refractivity contribution is 5.95. The highest BCUT2D eigenvalue weighted by atomic mass is 16.5. The highest BCUT2D eigenvalue weighted by Gasteiger charge is 2.09. The lowest BCUT2D eigenvalue weighted by molar-refractivity contribution is 0.0734. The summed E-state index contributed by atoms with van der Waals surface area (Å²) in [7, 11) is 0. The Morgan fingerprint density at radius 2 is 1.24 bits per heavy atom. The summed E-state index contributed by atoms with van der Waals surface area (Å²) < 4.78 is 16.4. The molecule has 0 atom stereocenters. The van der Waals surface area contributed by atoms with Crippen molar-refractivity contribution in [2.24, 2.45) is 5.10 Å². The molecule has 0 fully saturated rings. The van der Waals surface area contributed by atoms with Crippen molar-refractivity contribution in [3.63, 3.8) is 0 Å². The number of esters is 1. The molecule has 0 aliphatic carbocycles. The zero-order valence-corrected chi connectivity index (χ0v) is 19.3. The largest absolute Gasteiger partial charge is 0.494 e. The van der Waals surface area contributed by atoms with Gasteiger partial charge in [0.1, 0.15) is 17.2 Å².